The lowest BCUT2D eigenvalue weighted by Gasteiger charge is -2.08. The van der Waals surface area contributed by atoms with Gasteiger partial charge in [-0.25, -0.2) is 0 Å². The van der Waals surface area contributed by atoms with Crippen molar-refractivity contribution in [2.45, 2.75) is 24.4 Å². The topological polar surface area (TPSA) is 43.9 Å². The molecule has 0 aliphatic carbocycles. The molecule has 0 aliphatic heterocycles. The molecule has 2 heterocycles. The summed E-state index contributed by atoms with van der Waals surface area (Å²) in [6, 6.07) is 9.21. The second kappa shape index (κ2) is 6.77. The van der Waals surface area contributed by atoms with Crippen LogP contribution in [0.4, 0.5) is 0 Å². The Morgan fingerprint density at radius 1 is 1.14 bits per heavy atom. The third kappa shape index (κ3) is 3.02. The fourth-order valence-electron chi connectivity index (χ4n) is 2.08. The molecule has 0 saturated carbocycles. The summed E-state index contributed by atoms with van der Waals surface area (Å²) in [6.07, 6.45) is 1.63. The third-order valence-corrected chi connectivity index (χ3v) is 4.88. The number of rotatable bonds is 5. The highest BCUT2D eigenvalue weighted by atomic mass is 35.5. The predicted octanol–water partition coefficient (Wildman–Crippen LogP) is 5.16. The molecule has 0 spiro atoms. The summed E-state index contributed by atoms with van der Waals surface area (Å²) < 4.78 is 7.41. The first-order valence-corrected chi connectivity index (χ1v) is 8.47. The summed E-state index contributed by atoms with van der Waals surface area (Å²) in [5, 5.41) is 10.6. The molecule has 114 valence electrons. The maximum Gasteiger partial charge on any atom is 0.200 e. The highest BCUT2D eigenvalue weighted by molar-refractivity contribution is 7.98. The van der Waals surface area contributed by atoms with Gasteiger partial charge in [0, 0.05) is 22.3 Å². The quantitative estimate of drug-likeness (QED) is 0.594. The number of nitrogens with zero attached hydrogens (tertiary/aromatic N) is 3. The Labute approximate surface area is 142 Å². The summed E-state index contributed by atoms with van der Waals surface area (Å²) in [7, 11) is 0. The van der Waals surface area contributed by atoms with Gasteiger partial charge in [0.2, 0.25) is 0 Å². The van der Waals surface area contributed by atoms with Gasteiger partial charge in [-0.05, 0) is 36.8 Å². The lowest BCUT2D eigenvalue weighted by molar-refractivity contribution is 0.567. The molecule has 3 rings (SSSR count). The van der Waals surface area contributed by atoms with Gasteiger partial charge < -0.3 is 4.42 Å². The highest BCUT2D eigenvalue weighted by Gasteiger charge is 2.16. The van der Waals surface area contributed by atoms with Crippen molar-refractivity contribution in [3.05, 3.63) is 52.2 Å². The Kier molecular flexibility index (Phi) is 4.76. The van der Waals surface area contributed by atoms with Crippen LogP contribution in [-0.4, -0.2) is 14.8 Å². The molecule has 0 unspecified atom stereocenters. The van der Waals surface area contributed by atoms with Crippen molar-refractivity contribution >= 4 is 35.0 Å². The number of aromatic nitrogens is 3. The van der Waals surface area contributed by atoms with Crippen LogP contribution in [0.1, 0.15) is 12.5 Å². The summed E-state index contributed by atoms with van der Waals surface area (Å²) in [5.74, 6) is 2.06. The molecule has 0 N–H and O–H groups in total. The molecule has 0 fully saturated rings. The Bertz CT molecular complexity index is 751. The first kappa shape index (κ1) is 15.5. The maximum absolute atomic E-state index is 6.20. The molecule has 1 aromatic carbocycles. The van der Waals surface area contributed by atoms with E-state index in [9.17, 15) is 0 Å². The number of hydrogen-bond acceptors (Lipinski definition) is 4. The minimum atomic E-state index is 0.634. The van der Waals surface area contributed by atoms with Crippen LogP contribution in [0.3, 0.4) is 0 Å². The van der Waals surface area contributed by atoms with Crippen molar-refractivity contribution in [3.63, 3.8) is 0 Å². The van der Waals surface area contributed by atoms with Gasteiger partial charge in [0.25, 0.3) is 0 Å². The van der Waals surface area contributed by atoms with Crippen LogP contribution < -0.4 is 0 Å². The summed E-state index contributed by atoms with van der Waals surface area (Å²) in [4.78, 5) is 0. The monoisotopic (exact) mass is 353 g/mol. The summed E-state index contributed by atoms with van der Waals surface area (Å²) >= 11 is 14.0. The van der Waals surface area contributed by atoms with Gasteiger partial charge in [-0.15, -0.1) is 10.2 Å². The second-order valence-corrected chi connectivity index (χ2v) is 6.27. The normalized spacial score (nSPS) is 11.0. The Morgan fingerprint density at radius 2 is 1.91 bits per heavy atom. The fraction of sp³-hybridized carbons (Fsp3) is 0.200. The molecule has 0 amide bonds. The van der Waals surface area contributed by atoms with E-state index >= 15 is 0 Å². The van der Waals surface area contributed by atoms with Gasteiger partial charge in [-0.1, -0.05) is 41.0 Å². The van der Waals surface area contributed by atoms with E-state index in [0.717, 1.165) is 23.1 Å². The maximum atomic E-state index is 6.20. The van der Waals surface area contributed by atoms with E-state index in [2.05, 4.69) is 10.2 Å². The van der Waals surface area contributed by atoms with Gasteiger partial charge >= 0.3 is 0 Å². The Balaban J connectivity index is 1.84. The van der Waals surface area contributed by atoms with Gasteiger partial charge in [-0.3, -0.25) is 4.57 Å². The van der Waals surface area contributed by atoms with Crippen LogP contribution in [-0.2, 0) is 12.3 Å². The van der Waals surface area contributed by atoms with E-state index in [1.54, 1.807) is 18.0 Å². The molecule has 7 heteroatoms. The number of furan rings is 1. The van der Waals surface area contributed by atoms with Gasteiger partial charge in [-0.2, -0.15) is 0 Å². The molecule has 3 aromatic rings. The predicted molar refractivity (Wildman–Crippen MR) is 89.4 cm³/mol. The van der Waals surface area contributed by atoms with Crippen LogP contribution in [0, 0.1) is 0 Å². The number of thioether (sulfide) groups is 1. The standard InChI is InChI=1S/C15H13Cl2N3OS/c1-2-20-14(13-7-4-8-21-13)18-19-15(20)22-9-10-11(16)5-3-6-12(10)17/h3-8H,2,9H2,1H3. The van der Waals surface area contributed by atoms with Crippen molar-refractivity contribution in [1.29, 1.82) is 0 Å². The molecular formula is C15H13Cl2N3OS. The molecule has 2 aromatic heterocycles. The van der Waals surface area contributed by atoms with E-state index in [1.165, 1.54) is 0 Å². The van der Waals surface area contributed by atoms with Gasteiger partial charge in [0.1, 0.15) is 0 Å². The van der Waals surface area contributed by atoms with Gasteiger partial charge in [0.05, 0.1) is 6.26 Å². The molecule has 0 saturated heterocycles. The number of hydrogen-bond donors (Lipinski definition) is 0. The zero-order chi connectivity index (χ0) is 15.5. The van der Waals surface area contributed by atoms with Crippen molar-refractivity contribution < 1.29 is 4.42 Å². The minimum Gasteiger partial charge on any atom is -0.461 e. The fourth-order valence-corrected chi connectivity index (χ4v) is 3.82. The van der Waals surface area contributed by atoms with Crippen LogP contribution in [0.5, 0.6) is 0 Å². The largest absolute Gasteiger partial charge is 0.461 e. The number of halogens is 2. The van der Waals surface area contributed by atoms with E-state index in [1.807, 2.05) is 41.8 Å². The third-order valence-electron chi connectivity index (χ3n) is 3.18. The summed E-state index contributed by atoms with van der Waals surface area (Å²) in [6.45, 7) is 2.80. The lowest BCUT2D eigenvalue weighted by atomic mass is 10.2. The molecule has 0 atom stereocenters. The Hall–Kier alpha value is -1.43. The smallest absolute Gasteiger partial charge is 0.200 e. The first-order chi connectivity index (χ1) is 10.7. The second-order valence-electron chi connectivity index (χ2n) is 4.52. The van der Waals surface area contributed by atoms with E-state index in [0.29, 0.717) is 21.6 Å². The lowest BCUT2D eigenvalue weighted by Crippen LogP contribution is -1.99. The van der Waals surface area contributed by atoms with Crippen LogP contribution >= 0.6 is 35.0 Å². The van der Waals surface area contributed by atoms with Crippen molar-refractivity contribution in [2.75, 3.05) is 0 Å². The van der Waals surface area contributed by atoms with Crippen molar-refractivity contribution in [2.24, 2.45) is 0 Å². The molecular weight excluding hydrogens is 341 g/mol. The van der Waals surface area contributed by atoms with Crippen molar-refractivity contribution in [3.8, 4) is 11.6 Å². The van der Waals surface area contributed by atoms with Crippen LogP contribution in [0.15, 0.2) is 46.2 Å². The SMILES string of the molecule is CCn1c(SCc2c(Cl)cccc2Cl)nnc1-c1ccco1. The molecule has 4 nitrogen and oxygen atoms in total. The zero-order valence-electron chi connectivity index (χ0n) is 11.8. The highest BCUT2D eigenvalue weighted by Crippen LogP contribution is 2.32. The molecule has 22 heavy (non-hydrogen) atoms. The molecule has 0 aliphatic rings. The van der Waals surface area contributed by atoms with Crippen LogP contribution in [0.2, 0.25) is 10.0 Å². The molecule has 0 bridgehead atoms. The van der Waals surface area contributed by atoms with E-state index in [4.69, 9.17) is 27.6 Å². The van der Waals surface area contributed by atoms with E-state index in [-0.39, 0.29) is 0 Å². The van der Waals surface area contributed by atoms with Crippen molar-refractivity contribution in [1.82, 2.24) is 14.8 Å². The minimum absolute atomic E-state index is 0.634. The zero-order valence-corrected chi connectivity index (χ0v) is 14.1. The average molecular weight is 354 g/mol. The number of benzene rings is 1. The summed E-state index contributed by atoms with van der Waals surface area (Å²) in [5.41, 5.74) is 0.904. The average Bonchev–Trinajstić information content (AvgIpc) is 3.15. The van der Waals surface area contributed by atoms with E-state index < -0.39 is 0 Å². The molecule has 0 radical (unpaired) electrons. The van der Waals surface area contributed by atoms with Crippen LogP contribution in [0.25, 0.3) is 11.6 Å². The van der Waals surface area contributed by atoms with Gasteiger partial charge in [0.15, 0.2) is 16.7 Å². The first-order valence-electron chi connectivity index (χ1n) is 6.73. The Morgan fingerprint density at radius 3 is 2.55 bits per heavy atom.